The highest BCUT2D eigenvalue weighted by atomic mass is 19.4. The second-order valence-electron chi connectivity index (χ2n) is 6.20. The number of halogens is 3. The maximum atomic E-state index is 12.2. The number of fused-ring (bicyclic) bond motifs is 1. The van der Waals surface area contributed by atoms with Gasteiger partial charge in [-0.05, 0) is 29.7 Å². The van der Waals surface area contributed by atoms with Gasteiger partial charge in [0.25, 0.3) is 0 Å². The lowest BCUT2D eigenvalue weighted by molar-refractivity contribution is -0.137. The molecule has 0 unspecified atom stereocenters. The number of para-hydroxylation sites is 2. The number of amides is 1. The van der Waals surface area contributed by atoms with Gasteiger partial charge >= 0.3 is 6.18 Å². The Morgan fingerprint density at radius 1 is 1.04 bits per heavy atom. The van der Waals surface area contributed by atoms with Crippen molar-refractivity contribution in [3.05, 3.63) is 59.7 Å². The highest BCUT2D eigenvalue weighted by molar-refractivity contribution is 5.82. The molecule has 1 amide bonds. The topological polar surface area (TPSA) is 44.4 Å². The van der Waals surface area contributed by atoms with E-state index in [1.165, 1.54) is 11.1 Å². The smallest absolute Gasteiger partial charge is 0.374 e. The minimum atomic E-state index is -4.41. The lowest BCUT2D eigenvalue weighted by Crippen LogP contribution is -2.37. The molecule has 0 saturated heterocycles. The summed E-state index contributed by atoms with van der Waals surface area (Å²) in [4.78, 5) is 13.8. The molecule has 0 radical (unpaired) electrons. The van der Waals surface area contributed by atoms with Crippen molar-refractivity contribution in [3.63, 3.8) is 0 Å². The van der Waals surface area contributed by atoms with Crippen LogP contribution in [0.1, 0.15) is 11.1 Å². The van der Waals surface area contributed by atoms with Crippen molar-refractivity contribution in [2.24, 2.45) is 0 Å². The van der Waals surface area contributed by atoms with Crippen LogP contribution < -0.4 is 15.5 Å². The van der Waals surface area contributed by atoms with Crippen LogP contribution >= 0.6 is 0 Å². The van der Waals surface area contributed by atoms with Gasteiger partial charge in [0, 0.05) is 13.1 Å². The van der Waals surface area contributed by atoms with Gasteiger partial charge < -0.3 is 15.5 Å². The number of nitrogens with zero attached hydrogens (tertiary/aromatic N) is 1. The van der Waals surface area contributed by atoms with E-state index in [9.17, 15) is 18.0 Å². The van der Waals surface area contributed by atoms with E-state index in [0.29, 0.717) is 0 Å². The van der Waals surface area contributed by atoms with E-state index in [2.05, 4.69) is 22.3 Å². The summed E-state index contributed by atoms with van der Waals surface area (Å²) in [6.45, 7) is 0.0701. The predicted molar refractivity (Wildman–Crippen MR) is 95.2 cm³/mol. The number of carbonyl (C=O) groups is 1. The lowest BCUT2D eigenvalue weighted by Gasteiger charge is -2.32. The van der Waals surface area contributed by atoms with Gasteiger partial charge in [0.2, 0.25) is 5.91 Å². The van der Waals surface area contributed by atoms with Gasteiger partial charge in [-0.25, -0.2) is 0 Å². The summed E-state index contributed by atoms with van der Waals surface area (Å²) in [6.07, 6.45) is -3.48. The Balaban J connectivity index is 1.65. The molecule has 0 bridgehead atoms. The highest BCUT2D eigenvalue weighted by Gasteiger charge is 2.27. The summed E-state index contributed by atoms with van der Waals surface area (Å²) in [5.74, 6) is -0.693. The van der Waals surface area contributed by atoms with Crippen LogP contribution in [0.25, 0.3) is 0 Å². The summed E-state index contributed by atoms with van der Waals surface area (Å²) in [5.41, 5.74) is 4.26. The van der Waals surface area contributed by atoms with Crippen LogP contribution in [0.3, 0.4) is 0 Å². The molecule has 0 aromatic heterocycles. The van der Waals surface area contributed by atoms with Crippen molar-refractivity contribution in [1.29, 1.82) is 0 Å². The molecule has 138 valence electrons. The van der Waals surface area contributed by atoms with E-state index >= 15 is 0 Å². The largest absolute Gasteiger partial charge is 0.405 e. The zero-order valence-electron chi connectivity index (χ0n) is 14.1. The maximum Gasteiger partial charge on any atom is 0.405 e. The molecular formula is C19H20F3N3O. The zero-order chi connectivity index (χ0) is 18.6. The van der Waals surface area contributed by atoms with Gasteiger partial charge in [-0.1, -0.05) is 36.4 Å². The lowest BCUT2D eigenvalue weighted by atomic mass is 9.99. The van der Waals surface area contributed by atoms with Gasteiger partial charge in [0.15, 0.2) is 0 Å². The fourth-order valence-electron chi connectivity index (χ4n) is 3.04. The summed E-state index contributed by atoms with van der Waals surface area (Å²) in [5, 5.41) is 4.81. The van der Waals surface area contributed by atoms with E-state index in [1.807, 2.05) is 41.7 Å². The third-order valence-corrected chi connectivity index (χ3v) is 4.30. The number of rotatable bonds is 5. The predicted octanol–water partition coefficient (Wildman–Crippen LogP) is 3.34. The van der Waals surface area contributed by atoms with E-state index in [1.54, 1.807) is 0 Å². The Hall–Kier alpha value is -2.70. The van der Waals surface area contributed by atoms with Crippen LogP contribution in [-0.2, 0) is 17.8 Å². The van der Waals surface area contributed by atoms with Crippen LogP contribution in [0.2, 0.25) is 0 Å². The quantitative estimate of drug-likeness (QED) is 0.856. The van der Waals surface area contributed by atoms with E-state index in [4.69, 9.17) is 0 Å². The summed E-state index contributed by atoms with van der Waals surface area (Å²) in [7, 11) is 0. The molecule has 2 aromatic rings. The van der Waals surface area contributed by atoms with Crippen molar-refractivity contribution < 1.29 is 18.0 Å². The second-order valence-corrected chi connectivity index (χ2v) is 6.20. The van der Waals surface area contributed by atoms with Crippen LogP contribution in [0.4, 0.5) is 24.5 Å². The first-order valence-corrected chi connectivity index (χ1v) is 8.40. The molecule has 2 N–H and O–H groups in total. The minimum absolute atomic E-state index is 0.211. The average molecular weight is 363 g/mol. The first kappa shape index (κ1) is 18.1. The van der Waals surface area contributed by atoms with Crippen LogP contribution in [-0.4, -0.2) is 31.7 Å². The molecular weight excluding hydrogens is 343 g/mol. The summed E-state index contributed by atoms with van der Waals surface area (Å²) >= 11 is 0. The summed E-state index contributed by atoms with van der Waals surface area (Å²) in [6, 6.07) is 15.8. The molecule has 0 spiro atoms. The van der Waals surface area contributed by atoms with Crippen molar-refractivity contribution in [2.75, 3.05) is 29.9 Å². The minimum Gasteiger partial charge on any atom is -0.374 e. The Morgan fingerprint density at radius 3 is 2.50 bits per heavy atom. The molecule has 3 rings (SSSR count). The van der Waals surface area contributed by atoms with Gasteiger partial charge in [0.1, 0.15) is 6.54 Å². The fourth-order valence-corrected chi connectivity index (χ4v) is 3.04. The Kier molecular flexibility index (Phi) is 5.35. The van der Waals surface area contributed by atoms with Crippen molar-refractivity contribution in [2.45, 2.75) is 19.1 Å². The van der Waals surface area contributed by atoms with Crippen molar-refractivity contribution in [1.82, 2.24) is 5.32 Å². The highest BCUT2D eigenvalue weighted by Crippen LogP contribution is 2.30. The van der Waals surface area contributed by atoms with Crippen molar-refractivity contribution in [3.8, 4) is 0 Å². The zero-order valence-corrected chi connectivity index (χ0v) is 14.1. The molecule has 1 heterocycles. The first-order chi connectivity index (χ1) is 12.4. The van der Waals surface area contributed by atoms with Gasteiger partial charge in [-0.2, -0.15) is 13.2 Å². The maximum absolute atomic E-state index is 12.2. The standard InChI is InChI=1S/C19H20F3N3O/c20-19(21,22)13-24-18(26)11-23-16-7-3-4-8-17(16)25-10-9-14-5-1-2-6-15(14)12-25/h1-8,23H,9-13H2,(H,24,26). The average Bonchev–Trinajstić information content (AvgIpc) is 2.64. The molecule has 1 aliphatic rings. The Morgan fingerprint density at radius 2 is 1.73 bits per heavy atom. The molecule has 0 fully saturated rings. The molecule has 0 saturated carbocycles. The van der Waals surface area contributed by atoms with E-state index in [0.717, 1.165) is 30.9 Å². The molecule has 4 nitrogen and oxygen atoms in total. The van der Waals surface area contributed by atoms with Crippen molar-refractivity contribution >= 4 is 17.3 Å². The normalized spacial score (nSPS) is 13.9. The molecule has 7 heteroatoms. The molecule has 0 atom stereocenters. The summed E-state index contributed by atoms with van der Waals surface area (Å²) < 4.78 is 36.5. The van der Waals surface area contributed by atoms with Gasteiger partial charge in [-0.15, -0.1) is 0 Å². The number of nitrogens with one attached hydrogen (secondary N) is 2. The first-order valence-electron chi connectivity index (χ1n) is 8.40. The number of alkyl halides is 3. The van der Waals surface area contributed by atoms with Gasteiger partial charge in [-0.3, -0.25) is 4.79 Å². The Bertz CT molecular complexity index is 777. The number of hydrogen-bond donors (Lipinski definition) is 2. The Labute approximate surface area is 150 Å². The third kappa shape index (κ3) is 4.68. The van der Waals surface area contributed by atoms with E-state index < -0.39 is 18.6 Å². The van der Waals surface area contributed by atoms with Crippen LogP contribution in [0, 0.1) is 0 Å². The SMILES string of the molecule is O=C(CNc1ccccc1N1CCc2ccccc2C1)NCC(F)(F)F. The second kappa shape index (κ2) is 7.68. The number of carbonyl (C=O) groups excluding carboxylic acids is 1. The molecule has 26 heavy (non-hydrogen) atoms. The molecule has 0 aliphatic carbocycles. The molecule has 1 aliphatic heterocycles. The third-order valence-electron chi connectivity index (χ3n) is 4.30. The molecule has 2 aromatic carbocycles. The van der Waals surface area contributed by atoms with E-state index in [-0.39, 0.29) is 6.54 Å². The van der Waals surface area contributed by atoms with Crippen LogP contribution in [0.5, 0.6) is 0 Å². The fraction of sp³-hybridized carbons (Fsp3) is 0.316. The number of anilines is 2. The monoisotopic (exact) mass is 363 g/mol. The van der Waals surface area contributed by atoms with Gasteiger partial charge in [0.05, 0.1) is 17.9 Å². The van der Waals surface area contributed by atoms with Crippen LogP contribution in [0.15, 0.2) is 48.5 Å². The number of hydrogen-bond acceptors (Lipinski definition) is 3. The number of benzene rings is 2.